The van der Waals surface area contributed by atoms with Gasteiger partial charge in [-0.2, -0.15) is 0 Å². The maximum absolute atomic E-state index is 9.44. The highest BCUT2D eigenvalue weighted by atomic mass is 16.5. The number of rotatable bonds is 6. The number of hydrogen-bond acceptors (Lipinski definition) is 5. The molecular weight excluding hydrogens is 242 g/mol. The van der Waals surface area contributed by atoms with Crippen LogP contribution in [0.25, 0.3) is 0 Å². The molecule has 19 heavy (non-hydrogen) atoms. The van der Waals surface area contributed by atoms with E-state index in [4.69, 9.17) is 4.74 Å². The highest BCUT2D eigenvalue weighted by Gasteiger charge is 2.09. The van der Waals surface area contributed by atoms with E-state index in [1.54, 1.807) is 13.2 Å². The largest absolute Gasteiger partial charge is 0.481 e. The topological polar surface area (TPSA) is 67.3 Å². The summed E-state index contributed by atoms with van der Waals surface area (Å²) in [5.41, 5.74) is 1.16. The molecule has 0 unspecified atom stereocenters. The second kappa shape index (κ2) is 6.70. The zero-order valence-electron chi connectivity index (χ0n) is 10.8. The molecule has 0 fully saturated rings. The summed E-state index contributed by atoms with van der Waals surface area (Å²) < 4.78 is 5.03. The van der Waals surface area contributed by atoms with Gasteiger partial charge in [-0.1, -0.05) is 30.3 Å². The van der Waals surface area contributed by atoms with Crippen LogP contribution < -0.4 is 10.1 Å². The molecule has 0 spiro atoms. The molecule has 0 radical (unpaired) electrons. The first-order valence-electron chi connectivity index (χ1n) is 6.09. The number of aliphatic hydroxyl groups is 1. The van der Waals surface area contributed by atoms with E-state index in [0.717, 1.165) is 12.0 Å². The first-order valence-corrected chi connectivity index (χ1v) is 6.09. The lowest BCUT2D eigenvalue weighted by atomic mass is 10.1. The van der Waals surface area contributed by atoms with Crippen LogP contribution in [0.2, 0.25) is 0 Å². The normalized spacial score (nSPS) is 11.9. The molecule has 1 heterocycles. The quantitative estimate of drug-likeness (QED) is 0.823. The number of anilines is 1. The van der Waals surface area contributed by atoms with Crippen LogP contribution in [0.3, 0.4) is 0 Å². The number of methoxy groups -OCH3 is 1. The van der Waals surface area contributed by atoms with Gasteiger partial charge in [0.2, 0.25) is 5.88 Å². The maximum atomic E-state index is 9.44. The number of benzene rings is 1. The summed E-state index contributed by atoms with van der Waals surface area (Å²) in [7, 11) is 1.56. The predicted molar refractivity (Wildman–Crippen MR) is 73.2 cm³/mol. The first-order chi connectivity index (χ1) is 9.31. The third-order valence-corrected chi connectivity index (χ3v) is 2.75. The van der Waals surface area contributed by atoms with E-state index >= 15 is 0 Å². The molecule has 0 saturated heterocycles. The number of nitrogens with zero attached hydrogens (tertiary/aromatic N) is 2. The second-order valence-corrected chi connectivity index (χ2v) is 4.16. The van der Waals surface area contributed by atoms with Crippen molar-refractivity contribution < 1.29 is 9.84 Å². The SMILES string of the molecule is COc1cc(N[C@@H](CO)Cc2ccccc2)ncn1. The summed E-state index contributed by atoms with van der Waals surface area (Å²) >= 11 is 0. The Hall–Kier alpha value is -2.14. The van der Waals surface area contributed by atoms with E-state index in [-0.39, 0.29) is 12.6 Å². The van der Waals surface area contributed by atoms with Crippen LogP contribution in [0.1, 0.15) is 5.56 Å². The Labute approximate surface area is 112 Å². The van der Waals surface area contributed by atoms with E-state index < -0.39 is 0 Å². The van der Waals surface area contributed by atoms with Gasteiger partial charge in [0.1, 0.15) is 12.1 Å². The van der Waals surface area contributed by atoms with E-state index in [0.29, 0.717) is 11.7 Å². The fourth-order valence-electron chi connectivity index (χ4n) is 1.80. The lowest BCUT2D eigenvalue weighted by molar-refractivity contribution is 0.273. The Morgan fingerprint density at radius 2 is 2.05 bits per heavy atom. The van der Waals surface area contributed by atoms with Crippen LogP contribution in [-0.4, -0.2) is 34.8 Å². The third kappa shape index (κ3) is 3.93. The molecule has 0 amide bonds. The van der Waals surface area contributed by atoms with Crippen LogP contribution >= 0.6 is 0 Å². The summed E-state index contributed by atoms with van der Waals surface area (Å²) in [4.78, 5) is 8.04. The van der Waals surface area contributed by atoms with Crippen LogP contribution in [0.5, 0.6) is 5.88 Å². The third-order valence-electron chi connectivity index (χ3n) is 2.75. The molecule has 1 aromatic carbocycles. The number of nitrogens with one attached hydrogen (secondary N) is 1. The summed E-state index contributed by atoms with van der Waals surface area (Å²) in [5.74, 6) is 1.13. The standard InChI is InChI=1S/C14H17N3O2/c1-19-14-8-13(15-10-16-14)17-12(9-18)7-11-5-3-2-4-6-11/h2-6,8,10,12,18H,7,9H2,1H3,(H,15,16,17)/t12-/m1/s1. The highest BCUT2D eigenvalue weighted by Crippen LogP contribution is 2.13. The lowest BCUT2D eigenvalue weighted by Crippen LogP contribution is -2.26. The van der Waals surface area contributed by atoms with E-state index in [1.807, 2.05) is 30.3 Å². The van der Waals surface area contributed by atoms with Crippen molar-refractivity contribution >= 4 is 5.82 Å². The monoisotopic (exact) mass is 259 g/mol. The van der Waals surface area contributed by atoms with Crippen molar-refractivity contribution in [3.63, 3.8) is 0 Å². The van der Waals surface area contributed by atoms with Crippen molar-refractivity contribution in [2.45, 2.75) is 12.5 Å². The average Bonchev–Trinajstić information content (AvgIpc) is 2.48. The number of aliphatic hydroxyl groups excluding tert-OH is 1. The summed E-state index contributed by atoms with van der Waals surface area (Å²) in [6.45, 7) is 0.0290. The van der Waals surface area contributed by atoms with Gasteiger partial charge in [-0.25, -0.2) is 9.97 Å². The fraction of sp³-hybridized carbons (Fsp3) is 0.286. The van der Waals surface area contributed by atoms with Crippen molar-refractivity contribution in [1.29, 1.82) is 0 Å². The zero-order chi connectivity index (χ0) is 13.5. The van der Waals surface area contributed by atoms with Crippen LogP contribution in [0.4, 0.5) is 5.82 Å². The van der Waals surface area contributed by atoms with Crippen molar-refractivity contribution in [1.82, 2.24) is 9.97 Å². The first kappa shape index (κ1) is 13.3. The second-order valence-electron chi connectivity index (χ2n) is 4.16. The molecule has 1 aromatic heterocycles. The van der Waals surface area contributed by atoms with Gasteiger partial charge in [-0.3, -0.25) is 0 Å². The van der Waals surface area contributed by atoms with Gasteiger partial charge in [0.15, 0.2) is 0 Å². The molecule has 0 aliphatic rings. The van der Waals surface area contributed by atoms with E-state index in [1.165, 1.54) is 6.33 Å². The molecule has 0 bridgehead atoms. The van der Waals surface area contributed by atoms with Crippen molar-refractivity contribution in [2.75, 3.05) is 19.0 Å². The molecule has 1 atom stereocenters. The molecule has 2 N–H and O–H groups in total. The van der Waals surface area contributed by atoms with Crippen molar-refractivity contribution in [3.8, 4) is 5.88 Å². The van der Waals surface area contributed by atoms with Gasteiger partial charge < -0.3 is 15.2 Å². The number of aromatic nitrogens is 2. The van der Waals surface area contributed by atoms with Gasteiger partial charge in [0, 0.05) is 6.07 Å². The summed E-state index contributed by atoms with van der Waals surface area (Å²) in [6.07, 6.45) is 2.15. The molecule has 2 aromatic rings. The van der Waals surface area contributed by atoms with Crippen LogP contribution in [-0.2, 0) is 6.42 Å². The minimum absolute atomic E-state index is 0.0290. The maximum Gasteiger partial charge on any atom is 0.218 e. The van der Waals surface area contributed by atoms with Gasteiger partial charge in [0.05, 0.1) is 19.8 Å². The predicted octanol–water partition coefficient (Wildman–Crippen LogP) is 1.50. The zero-order valence-corrected chi connectivity index (χ0v) is 10.8. The fourth-order valence-corrected chi connectivity index (χ4v) is 1.80. The Kier molecular flexibility index (Phi) is 4.69. The number of hydrogen-bond donors (Lipinski definition) is 2. The number of ether oxygens (including phenoxy) is 1. The van der Waals surface area contributed by atoms with Gasteiger partial charge in [-0.05, 0) is 12.0 Å². The van der Waals surface area contributed by atoms with Crippen molar-refractivity contribution in [2.24, 2.45) is 0 Å². The smallest absolute Gasteiger partial charge is 0.218 e. The molecule has 5 heteroatoms. The van der Waals surface area contributed by atoms with Crippen LogP contribution in [0.15, 0.2) is 42.7 Å². The Bertz CT molecular complexity index is 505. The summed E-state index contributed by atoms with van der Waals surface area (Å²) in [5, 5.41) is 12.6. The average molecular weight is 259 g/mol. The Balaban J connectivity index is 2.02. The minimum Gasteiger partial charge on any atom is -0.481 e. The lowest BCUT2D eigenvalue weighted by Gasteiger charge is -2.17. The minimum atomic E-state index is -0.0954. The molecule has 2 rings (SSSR count). The Morgan fingerprint density at radius 3 is 2.74 bits per heavy atom. The summed E-state index contributed by atoms with van der Waals surface area (Å²) in [6, 6.07) is 11.6. The van der Waals surface area contributed by atoms with Gasteiger partial charge in [0.25, 0.3) is 0 Å². The van der Waals surface area contributed by atoms with Gasteiger partial charge >= 0.3 is 0 Å². The van der Waals surface area contributed by atoms with E-state index in [2.05, 4.69) is 15.3 Å². The van der Waals surface area contributed by atoms with Gasteiger partial charge in [-0.15, -0.1) is 0 Å². The molecule has 0 saturated carbocycles. The molecule has 0 aliphatic heterocycles. The molecule has 5 nitrogen and oxygen atoms in total. The molecule has 100 valence electrons. The van der Waals surface area contributed by atoms with Crippen LogP contribution in [0, 0.1) is 0 Å². The van der Waals surface area contributed by atoms with E-state index in [9.17, 15) is 5.11 Å². The highest BCUT2D eigenvalue weighted by molar-refractivity contribution is 5.38. The molecular formula is C14H17N3O2. The van der Waals surface area contributed by atoms with Crippen molar-refractivity contribution in [3.05, 3.63) is 48.3 Å². The Morgan fingerprint density at radius 1 is 1.26 bits per heavy atom. The molecule has 0 aliphatic carbocycles.